The van der Waals surface area contributed by atoms with Crippen molar-refractivity contribution in [2.75, 3.05) is 11.9 Å². The van der Waals surface area contributed by atoms with Crippen LogP contribution < -0.4 is 10.6 Å². The number of rotatable bonds is 2. The molecule has 0 aromatic heterocycles. The molecule has 2 aliphatic heterocycles. The van der Waals surface area contributed by atoms with E-state index in [2.05, 4.69) is 10.6 Å². The van der Waals surface area contributed by atoms with Gasteiger partial charge in [-0.3, -0.25) is 0 Å². The fourth-order valence-corrected chi connectivity index (χ4v) is 2.66. The van der Waals surface area contributed by atoms with Crippen molar-refractivity contribution >= 4 is 11.8 Å². The molecule has 1 amide bonds. The molecule has 3 atom stereocenters. The van der Waals surface area contributed by atoms with Crippen molar-refractivity contribution in [1.29, 1.82) is 0 Å². The van der Waals surface area contributed by atoms with Crippen molar-refractivity contribution in [3.63, 3.8) is 0 Å². The largest absolute Gasteiger partial charge is 0.465 e. The molecule has 102 valence electrons. The van der Waals surface area contributed by atoms with Crippen LogP contribution in [0.1, 0.15) is 23.7 Å². The summed E-state index contributed by atoms with van der Waals surface area (Å²) in [5, 5.41) is 24.0. The number of benzene rings is 1. The van der Waals surface area contributed by atoms with Gasteiger partial charge < -0.3 is 25.6 Å². The van der Waals surface area contributed by atoms with Crippen molar-refractivity contribution in [1.82, 2.24) is 5.32 Å². The molecule has 0 aliphatic carbocycles. The lowest BCUT2D eigenvalue weighted by molar-refractivity contribution is -0.0672. The first-order chi connectivity index (χ1) is 9.13. The first kappa shape index (κ1) is 12.3. The molecular weight excluding hydrogens is 248 g/mol. The van der Waals surface area contributed by atoms with Crippen LogP contribution in [0.4, 0.5) is 10.5 Å². The molecule has 1 saturated heterocycles. The summed E-state index contributed by atoms with van der Waals surface area (Å²) >= 11 is 0. The highest BCUT2D eigenvalue weighted by Crippen LogP contribution is 2.39. The molecule has 1 aromatic carbocycles. The maximum Gasteiger partial charge on any atom is 0.404 e. The van der Waals surface area contributed by atoms with Crippen LogP contribution in [0.15, 0.2) is 18.2 Å². The Balaban J connectivity index is 1.83. The molecule has 3 rings (SSSR count). The van der Waals surface area contributed by atoms with Gasteiger partial charge in [0.05, 0.1) is 24.9 Å². The van der Waals surface area contributed by atoms with E-state index in [1.54, 1.807) is 0 Å². The van der Waals surface area contributed by atoms with Gasteiger partial charge >= 0.3 is 6.09 Å². The molecule has 2 heterocycles. The number of amides is 1. The summed E-state index contributed by atoms with van der Waals surface area (Å²) in [6.45, 7) is 0.612. The van der Waals surface area contributed by atoms with E-state index in [9.17, 15) is 9.90 Å². The zero-order valence-electron chi connectivity index (χ0n) is 10.3. The number of carbonyl (C=O) groups is 1. The quantitative estimate of drug-likeness (QED) is 0.641. The van der Waals surface area contributed by atoms with E-state index < -0.39 is 12.2 Å². The van der Waals surface area contributed by atoms with Crippen LogP contribution >= 0.6 is 0 Å². The van der Waals surface area contributed by atoms with Gasteiger partial charge in [-0.25, -0.2) is 4.79 Å². The monoisotopic (exact) mass is 264 g/mol. The van der Waals surface area contributed by atoms with Crippen molar-refractivity contribution in [2.24, 2.45) is 0 Å². The summed E-state index contributed by atoms with van der Waals surface area (Å²) in [5.41, 5.74) is 2.89. The molecule has 4 N–H and O–H groups in total. The number of hydrogen-bond acceptors (Lipinski definition) is 4. The van der Waals surface area contributed by atoms with E-state index in [4.69, 9.17) is 9.84 Å². The molecule has 2 aliphatic rings. The second-order valence-electron chi connectivity index (χ2n) is 4.96. The Labute approximate surface area is 110 Å². The van der Waals surface area contributed by atoms with Gasteiger partial charge in [0.15, 0.2) is 0 Å². The average molecular weight is 264 g/mol. The Kier molecular flexibility index (Phi) is 3.04. The Morgan fingerprint density at radius 3 is 3.16 bits per heavy atom. The molecule has 1 aromatic rings. The molecule has 6 heteroatoms. The Morgan fingerprint density at radius 1 is 1.53 bits per heavy atom. The molecule has 1 fully saturated rings. The molecule has 6 nitrogen and oxygen atoms in total. The fraction of sp³-hybridized carbons (Fsp3) is 0.462. The van der Waals surface area contributed by atoms with Crippen molar-refractivity contribution in [3.05, 3.63) is 29.3 Å². The van der Waals surface area contributed by atoms with Gasteiger partial charge in [0.25, 0.3) is 0 Å². The summed E-state index contributed by atoms with van der Waals surface area (Å²) in [5.74, 6) is 0. The zero-order chi connectivity index (χ0) is 13.4. The Morgan fingerprint density at radius 2 is 2.37 bits per heavy atom. The third-order valence-electron chi connectivity index (χ3n) is 3.65. The number of fused-ring (bicyclic) bond motifs is 4. The third kappa shape index (κ3) is 2.36. The predicted octanol–water partition coefficient (Wildman–Crippen LogP) is 1.07. The predicted molar refractivity (Wildman–Crippen MR) is 68.0 cm³/mol. The Hall–Kier alpha value is -1.79. The van der Waals surface area contributed by atoms with Crippen LogP contribution in [0.25, 0.3) is 0 Å². The van der Waals surface area contributed by atoms with Crippen LogP contribution in [0.3, 0.4) is 0 Å². The summed E-state index contributed by atoms with van der Waals surface area (Å²) in [4.78, 5) is 10.5. The molecule has 0 radical (unpaired) electrons. The second kappa shape index (κ2) is 4.71. The van der Waals surface area contributed by atoms with Crippen molar-refractivity contribution in [3.8, 4) is 0 Å². The van der Waals surface area contributed by atoms with Crippen LogP contribution in [0, 0.1) is 0 Å². The second-order valence-corrected chi connectivity index (χ2v) is 4.96. The third-order valence-corrected chi connectivity index (χ3v) is 3.65. The number of aliphatic hydroxyl groups is 1. The lowest BCUT2D eigenvalue weighted by atomic mass is 9.89. The maximum atomic E-state index is 10.5. The standard InChI is InChI=1S/C13H16N2O4/c16-11-6-19-12-4-10(11)15-9-2-1-7(3-8(9)12)5-14-13(17)18/h1-3,10-12,14-16H,4-6H2,(H,17,18)/t10-,11-,12-/m1/s1. The van der Waals surface area contributed by atoms with Gasteiger partial charge in [-0.15, -0.1) is 0 Å². The summed E-state index contributed by atoms with van der Waals surface area (Å²) in [7, 11) is 0. The number of carboxylic acid groups (broad SMARTS) is 1. The highest BCUT2D eigenvalue weighted by molar-refractivity contribution is 5.64. The first-order valence-electron chi connectivity index (χ1n) is 6.29. The number of hydrogen-bond donors (Lipinski definition) is 4. The smallest absolute Gasteiger partial charge is 0.404 e. The highest BCUT2D eigenvalue weighted by Gasteiger charge is 2.36. The van der Waals surface area contributed by atoms with Gasteiger partial charge in [-0.05, 0) is 17.7 Å². The van der Waals surface area contributed by atoms with E-state index in [0.717, 1.165) is 23.2 Å². The minimum absolute atomic E-state index is 0.0190. The van der Waals surface area contributed by atoms with Crippen LogP contribution in [-0.2, 0) is 11.3 Å². The maximum absolute atomic E-state index is 10.5. The Bertz CT molecular complexity index is 505. The minimum Gasteiger partial charge on any atom is -0.465 e. The van der Waals surface area contributed by atoms with Gasteiger partial charge in [-0.1, -0.05) is 6.07 Å². The number of anilines is 1. The van der Waals surface area contributed by atoms with Gasteiger partial charge in [-0.2, -0.15) is 0 Å². The molecule has 19 heavy (non-hydrogen) atoms. The highest BCUT2D eigenvalue weighted by atomic mass is 16.5. The van der Waals surface area contributed by atoms with Gasteiger partial charge in [0.1, 0.15) is 0 Å². The molecule has 2 bridgehead atoms. The normalized spacial score (nSPS) is 28.2. The van der Waals surface area contributed by atoms with E-state index in [0.29, 0.717) is 6.61 Å². The van der Waals surface area contributed by atoms with Gasteiger partial charge in [0.2, 0.25) is 0 Å². The van der Waals surface area contributed by atoms with Crippen LogP contribution in [-0.4, -0.2) is 35.1 Å². The number of aliphatic hydroxyl groups excluding tert-OH is 1. The fourth-order valence-electron chi connectivity index (χ4n) is 2.66. The van der Waals surface area contributed by atoms with Gasteiger partial charge in [0, 0.05) is 24.2 Å². The molecule has 0 saturated carbocycles. The van der Waals surface area contributed by atoms with E-state index in [1.165, 1.54) is 0 Å². The summed E-state index contributed by atoms with van der Waals surface area (Å²) in [6, 6.07) is 5.77. The molecule has 0 unspecified atom stereocenters. The van der Waals surface area contributed by atoms with Crippen molar-refractivity contribution in [2.45, 2.75) is 31.2 Å². The number of nitrogens with one attached hydrogen (secondary N) is 2. The van der Waals surface area contributed by atoms with E-state index in [-0.39, 0.29) is 18.7 Å². The molecular formula is C13H16N2O4. The topological polar surface area (TPSA) is 90.8 Å². The molecule has 0 spiro atoms. The van der Waals surface area contributed by atoms with Crippen LogP contribution in [0.2, 0.25) is 0 Å². The zero-order valence-corrected chi connectivity index (χ0v) is 10.3. The lowest BCUT2D eigenvalue weighted by Gasteiger charge is -2.40. The average Bonchev–Trinajstić information content (AvgIpc) is 2.41. The minimum atomic E-state index is -1.03. The van der Waals surface area contributed by atoms with Crippen LogP contribution in [0.5, 0.6) is 0 Å². The van der Waals surface area contributed by atoms with E-state index in [1.807, 2.05) is 18.2 Å². The SMILES string of the molecule is O=C(O)NCc1ccc2c(c1)[C@H]1C[C@@H](N2)[C@H](O)CO1. The van der Waals surface area contributed by atoms with Crippen molar-refractivity contribution < 1.29 is 19.7 Å². The summed E-state index contributed by atoms with van der Waals surface area (Å²) in [6.07, 6.45) is -0.788. The van der Waals surface area contributed by atoms with E-state index >= 15 is 0 Å². The summed E-state index contributed by atoms with van der Waals surface area (Å²) < 4.78 is 5.64. The number of ether oxygens (including phenoxy) is 1. The first-order valence-corrected chi connectivity index (χ1v) is 6.29. The lowest BCUT2D eigenvalue weighted by Crippen LogP contribution is -2.46.